The molecule has 1 saturated heterocycles. The van der Waals surface area contributed by atoms with Crippen LogP contribution in [0.3, 0.4) is 0 Å². The number of rotatable bonds is 5. The van der Waals surface area contributed by atoms with Crippen molar-refractivity contribution in [2.45, 2.75) is 45.3 Å². The van der Waals surface area contributed by atoms with Crippen molar-refractivity contribution >= 4 is 23.6 Å². The minimum Gasteiger partial charge on any atom is -0.490 e. The van der Waals surface area contributed by atoms with Gasteiger partial charge in [-0.15, -0.1) is 0 Å². The third-order valence-electron chi connectivity index (χ3n) is 4.99. The molecule has 0 N–H and O–H groups in total. The summed E-state index contributed by atoms with van der Waals surface area (Å²) in [5.41, 5.74) is 2.71. The highest BCUT2D eigenvalue weighted by Gasteiger charge is 2.25. The molecule has 2 aliphatic rings. The van der Waals surface area contributed by atoms with Gasteiger partial charge in [-0.05, 0) is 49.8 Å². The van der Waals surface area contributed by atoms with E-state index in [1.165, 1.54) is 11.1 Å². The second-order valence-corrected chi connectivity index (χ2v) is 8.19. The highest BCUT2D eigenvalue weighted by Crippen LogP contribution is 2.27. The fraction of sp³-hybridized carbons (Fsp3) is 0.571. The molecule has 1 aromatic carbocycles. The number of carbonyl (C=O) groups excluding carboxylic acids is 1. The quantitative estimate of drug-likeness (QED) is 0.695. The van der Waals surface area contributed by atoms with Crippen molar-refractivity contribution in [3.63, 3.8) is 0 Å². The Labute approximate surface area is 166 Å². The fourth-order valence-corrected chi connectivity index (χ4v) is 3.95. The van der Waals surface area contributed by atoms with Gasteiger partial charge in [0.1, 0.15) is 11.9 Å². The van der Waals surface area contributed by atoms with E-state index in [-0.39, 0.29) is 18.3 Å². The van der Waals surface area contributed by atoms with Gasteiger partial charge in [-0.25, -0.2) is 9.10 Å². The minimum absolute atomic E-state index is 0.0759. The average Bonchev–Trinajstić information content (AvgIpc) is 2.69. The molecule has 0 unspecified atom stereocenters. The maximum absolute atomic E-state index is 12.0. The summed E-state index contributed by atoms with van der Waals surface area (Å²) in [6.07, 6.45) is 7.08. The number of ether oxygens (including phenoxy) is 2. The number of piperidine rings is 1. The molecule has 1 fully saturated rings. The molecule has 0 saturated carbocycles. The molecular formula is C21H30N2O3S. The summed E-state index contributed by atoms with van der Waals surface area (Å²) in [6, 6.07) is 8.45. The zero-order chi connectivity index (χ0) is 19.2. The summed E-state index contributed by atoms with van der Waals surface area (Å²) in [7, 11) is 0. The van der Waals surface area contributed by atoms with Crippen molar-refractivity contribution in [2.75, 3.05) is 32.4 Å². The molecule has 0 spiro atoms. The van der Waals surface area contributed by atoms with E-state index in [4.69, 9.17) is 9.47 Å². The Morgan fingerprint density at radius 3 is 2.41 bits per heavy atom. The summed E-state index contributed by atoms with van der Waals surface area (Å²) in [5.74, 6) is 0.907. The summed E-state index contributed by atoms with van der Waals surface area (Å²) in [5, 5.41) is 0. The molecule has 27 heavy (non-hydrogen) atoms. The van der Waals surface area contributed by atoms with Crippen molar-refractivity contribution in [1.82, 2.24) is 9.21 Å². The van der Waals surface area contributed by atoms with Gasteiger partial charge in [0.25, 0.3) is 0 Å². The molecule has 0 radical (unpaired) electrons. The third-order valence-corrected chi connectivity index (χ3v) is 5.84. The summed E-state index contributed by atoms with van der Waals surface area (Å²) in [6.45, 7) is 7.23. The van der Waals surface area contributed by atoms with E-state index in [9.17, 15) is 4.79 Å². The smallest absolute Gasteiger partial charge is 0.410 e. The lowest BCUT2D eigenvalue weighted by atomic mass is 10.0. The molecule has 0 bridgehead atoms. The van der Waals surface area contributed by atoms with Crippen LogP contribution in [-0.4, -0.2) is 59.9 Å². The van der Waals surface area contributed by atoms with E-state index in [0.717, 1.165) is 38.1 Å². The maximum Gasteiger partial charge on any atom is 0.410 e. The van der Waals surface area contributed by atoms with Crippen molar-refractivity contribution < 1.29 is 14.3 Å². The zero-order valence-corrected chi connectivity index (χ0v) is 17.3. The Morgan fingerprint density at radius 2 is 1.85 bits per heavy atom. The topological polar surface area (TPSA) is 42.0 Å². The van der Waals surface area contributed by atoms with Crippen LogP contribution >= 0.6 is 11.9 Å². The van der Waals surface area contributed by atoms with E-state index < -0.39 is 0 Å². The standard InChI is InChI=1S/C21H30N2O3S/c1-16(2)25-21(24)22-12-10-20(11-13-22)26-19-6-4-17(5-7-19)18-8-14-23(27-3)15-9-18/h4-8,16,20H,9-15H2,1-3H3. The van der Waals surface area contributed by atoms with E-state index in [0.29, 0.717) is 13.1 Å². The number of benzene rings is 1. The van der Waals surface area contributed by atoms with Crippen LogP contribution in [0.25, 0.3) is 5.57 Å². The normalized spacial score (nSPS) is 19.1. The number of amides is 1. The van der Waals surface area contributed by atoms with Crippen molar-refractivity contribution in [2.24, 2.45) is 0 Å². The first-order chi connectivity index (χ1) is 13.0. The van der Waals surface area contributed by atoms with Crippen LogP contribution < -0.4 is 4.74 Å². The summed E-state index contributed by atoms with van der Waals surface area (Å²) in [4.78, 5) is 13.7. The highest BCUT2D eigenvalue weighted by molar-refractivity contribution is 7.96. The van der Waals surface area contributed by atoms with E-state index in [2.05, 4.69) is 40.9 Å². The summed E-state index contributed by atoms with van der Waals surface area (Å²) < 4.78 is 13.8. The maximum atomic E-state index is 12.0. The molecule has 3 rings (SSSR count). The molecule has 148 valence electrons. The predicted molar refractivity (Wildman–Crippen MR) is 111 cm³/mol. The largest absolute Gasteiger partial charge is 0.490 e. The van der Waals surface area contributed by atoms with Gasteiger partial charge in [-0.1, -0.05) is 30.2 Å². The van der Waals surface area contributed by atoms with Crippen LogP contribution in [0.5, 0.6) is 5.75 Å². The van der Waals surface area contributed by atoms with E-state index in [1.807, 2.05) is 13.8 Å². The lowest BCUT2D eigenvalue weighted by Gasteiger charge is -2.32. The van der Waals surface area contributed by atoms with Crippen LogP contribution in [0.2, 0.25) is 0 Å². The Bertz CT molecular complexity index is 652. The molecule has 0 atom stereocenters. The lowest BCUT2D eigenvalue weighted by molar-refractivity contribution is 0.0517. The molecule has 2 heterocycles. The van der Waals surface area contributed by atoms with Gasteiger partial charge in [-0.2, -0.15) is 0 Å². The molecule has 1 aromatic rings. The van der Waals surface area contributed by atoms with Crippen LogP contribution in [0.15, 0.2) is 30.3 Å². The number of hydrogen-bond donors (Lipinski definition) is 0. The monoisotopic (exact) mass is 390 g/mol. The molecule has 2 aliphatic heterocycles. The molecule has 5 nitrogen and oxygen atoms in total. The Morgan fingerprint density at radius 1 is 1.15 bits per heavy atom. The Hall–Kier alpha value is -1.66. The van der Waals surface area contributed by atoms with Crippen LogP contribution in [0.4, 0.5) is 4.79 Å². The van der Waals surface area contributed by atoms with Gasteiger partial charge >= 0.3 is 6.09 Å². The highest BCUT2D eigenvalue weighted by atomic mass is 32.2. The zero-order valence-electron chi connectivity index (χ0n) is 16.5. The van der Waals surface area contributed by atoms with E-state index in [1.54, 1.807) is 16.8 Å². The van der Waals surface area contributed by atoms with Gasteiger partial charge in [0.2, 0.25) is 0 Å². The number of carbonyl (C=O) groups is 1. The molecule has 1 amide bonds. The summed E-state index contributed by atoms with van der Waals surface area (Å²) >= 11 is 1.81. The van der Waals surface area contributed by atoms with Gasteiger partial charge in [0.05, 0.1) is 6.10 Å². The number of hydrogen-bond acceptors (Lipinski definition) is 5. The Kier molecular flexibility index (Phi) is 7.07. The first-order valence-corrected chi connectivity index (χ1v) is 10.9. The average molecular weight is 391 g/mol. The van der Waals surface area contributed by atoms with Gasteiger partial charge < -0.3 is 14.4 Å². The first kappa shape index (κ1) is 20.1. The number of likely N-dealkylation sites (tertiary alicyclic amines) is 1. The fourth-order valence-electron chi connectivity index (χ4n) is 3.45. The van der Waals surface area contributed by atoms with Crippen LogP contribution in [0.1, 0.15) is 38.7 Å². The second-order valence-electron chi connectivity index (χ2n) is 7.31. The van der Waals surface area contributed by atoms with Gasteiger partial charge in [0, 0.05) is 39.0 Å². The van der Waals surface area contributed by atoms with Crippen molar-refractivity contribution in [3.8, 4) is 5.75 Å². The second kappa shape index (κ2) is 9.51. The van der Waals surface area contributed by atoms with Gasteiger partial charge in [-0.3, -0.25) is 0 Å². The van der Waals surface area contributed by atoms with Crippen molar-refractivity contribution in [1.29, 1.82) is 0 Å². The Balaban J connectivity index is 1.48. The predicted octanol–water partition coefficient (Wildman–Crippen LogP) is 4.44. The minimum atomic E-state index is -0.214. The van der Waals surface area contributed by atoms with Gasteiger partial charge in [0.15, 0.2) is 0 Å². The first-order valence-electron chi connectivity index (χ1n) is 9.76. The SMILES string of the molecule is CSN1CC=C(c2ccc(OC3CCN(C(=O)OC(C)C)CC3)cc2)CC1. The molecular weight excluding hydrogens is 360 g/mol. The molecule has 6 heteroatoms. The molecule has 0 aliphatic carbocycles. The van der Waals surface area contributed by atoms with Crippen LogP contribution in [0, 0.1) is 0 Å². The molecule has 0 aromatic heterocycles. The third kappa shape index (κ3) is 5.66. The number of nitrogens with zero attached hydrogens (tertiary/aromatic N) is 2. The van der Waals surface area contributed by atoms with E-state index >= 15 is 0 Å². The van der Waals surface area contributed by atoms with Crippen molar-refractivity contribution in [3.05, 3.63) is 35.9 Å². The lowest BCUT2D eigenvalue weighted by Crippen LogP contribution is -2.42. The van der Waals surface area contributed by atoms with Crippen LogP contribution in [-0.2, 0) is 4.74 Å².